The zero-order chi connectivity index (χ0) is 14.7. The summed E-state index contributed by atoms with van der Waals surface area (Å²) >= 11 is 0. The van der Waals surface area contributed by atoms with Crippen LogP contribution in [0.4, 0.5) is 5.69 Å². The molecule has 0 aliphatic heterocycles. The van der Waals surface area contributed by atoms with Crippen LogP contribution in [-0.4, -0.2) is 25.7 Å². The highest BCUT2D eigenvalue weighted by molar-refractivity contribution is 5.97. The highest BCUT2D eigenvalue weighted by atomic mass is 16.1. The van der Waals surface area contributed by atoms with Gasteiger partial charge in [-0.25, -0.2) is 0 Å². The molecule has 0 unspecified atom stereocenters. The Morgan fingerprint density at radius 2 is 2.11 bits per heavy atom. The average molecular weight is 261 g/mol. The average Bonchev–Trinajstić information content (AvgIpc) is 2.44. The Kier molecular flexibility index (Phi) is 8.79. The Morgan fingerprint density at radius 3 is 2.58 bits per heavy atom. The first-order chi connectivity index (χ1) is 9.14. The summed E-state index contributed by atoms with van der Waals surface area (Å²) in [6.45, 7) is 8.19. The van der Waals surface area contributed by atoms with Crippen LogP contribution in [0.3, 0.4) is 0 Å². The van der Waals surface area contributed by atoms with Crippen LogP contribution in [0, 0.1) is 5.41 Å². The van der Waals surface area contributed by atoms with Gasteiger partial charge in [0.2, 0.25) is 0 Å². The predicted molar refractivity (Wildman–Crippen MR) is 82.4 cm³/mol. The first kappa shape index (κ1) is 16.9. The van der Waals surface area contributed by atoms with E-state index < -0.39 is 0 Å². The Hall–Kier alpha value is -2.10. The lowest BCUT2D eigenvalue weighted by molar-refractivity contribution is 0.0963. The summed E-state index contributed by atoms with van der Waals surface area (Å²) in [5.74, 6) is -0.134. The summed E-state index contributed by atoms with van der Waals surface area (Å²) in [7, 11) is 1.59. The molecule has 0 aromatic heterocycles. The number of benzene rings is 1. The highest BCUT2D eigenvalue weighted by Crippen LogP contribution is 2.15. The number of amides is 1. The maximum atomic E-state index is 11.4. The van der Waals surface area contributed by atoms with Gasteiger partial charge in [-0.3, -0.25) is 4.79 Å². The van der Waals surface area contributed by atoms with E-state index >= 15 is 0 Å². The summed E-state index contributed by atoms with van der Waals surface area (Å²) in [6, 6.07) is 5.30. The standard InChI is InChI=1S/C12H17N3O.C3H6/c1-3-6-15-11-5-4-9(12(16)14-2)7-10(11)8-13;1-3-2/h4-5,7-8,13,15H,3,6H2,1-2H3,(H,14,16);3H,1H2,2H3. The van der Waals surface area contributed by atoms with E-state index in [2.05, 4.69) is 24.1 Å². The first-order valence-corrected chi connectivity index (χ1v) is 6.32. The number of allylic oxidation sites excluding steroid dienone is 1. The van der Waals surface area contributed by atoms with E-state index in [-0.39, 0.29) is 5.91 Å². The second-order valence-corrected chi connectivity index (χ2v) is 3.86. The summed E-state index contributed by atoms with van der Waals surface area (Å²) < 4.78 is 0. The Labute approximate surface area is 115 Å². The molecule has 4 nitrogen and oxygen atoms in total. The molecule has 4 heteroatoms. The van der Waals surface area contributed by atoms with Crippen molar-refractivity contribution in [2.75, 3.05) is 18.9 Å². The van der Waals surface area contributed by atoms with Gasteiger partial charge in [0.15, 0.2) is 0 Å². The van der Waals surface area contributed by atoms with Crippen molar-refractivity contribution in [3.8, 4) is 0 Å². The largest absolute Gasteiger partial charge is 0.385 e. The second-order valence-electron chi connectivity index (χ2n) is 3.86. The van der Waals surface area contributed by atoms with Crippen LogP contribution in [0.2, 0.25) is 0 Å². The van der Waals surface area contributed by atoms with Gasteiger partial charge >= 0.3 is 0 Å². The maximum absolute atomic E-state index is 11.4. The van der Waals surface area contributed by atoms with E-state index in [4.69, 9.17) is 5.41 Å². The van der Waals surface area contributed by atoms with Crippen LogP contribution in [-0.2, 0) is 0 Å². The van der Waals surface area contributed by atoms with Crippen LogP contribution in [0.1, 0.15) is 36.2 Å². The van der Waals surface area contributed by atoms with Gasteiger partial charge in [-0.15, -0.1) is 6.58 Å². The molecule has 3 N–H and O–H groups in total. The van der Waals surface area contributed by atoms with Crippen molar-refractivity contribution >= 4 is 17.8 Å². The zero-order valence-corrected chi connectivity index (χ0v) is 11.9. The molecule has 0 aliphatic rings. The monoisotopic (exact) mass is 261 g/mol. The molecule has 0 aliphatic carbocycles. The van der Waals surface area contributed by atoms with Crippen LogP contribution in [0.25, 0.3) is 0 Å². The lowest BCUT2D eigenvalue weighted by atomic mass is 10.1. The number of carbonyl (C=O) groups excluding carboxylic acids is 1. The first-order valence-electron chi connectivity index (χ1n) is 6.32. The molecule has 0 atom stereocenters. The zero-order valence-electron chi connectivity index (χ0n) is 11.9. The molecule has 0 fully saturated rings. The molecule has 1 aromatic carbocycles. The Morgan fingerprint density at radius 1 is 1.47 bits per heavy atom. The van der Waals surface area contributed by atoms with E-state index in [0.29, 0.717) is 5.56 Å². The van der Waals surface area contributed by atoms with Crippen LogP contribution < -0.4 is 10.6 Å². The number of carbonyl (C=O) groups is 1. The van der Waals surface area contributed by atoms with E-state index in [9.17, 15) is 4.79 Å². The number of hydrogen-bond acceptors (Lipinski definition) is 3. The normalized spacial score (nSPS) is 8.79. The summed E-state index contributed by atoms with van der Waals surface area (Å²) in [4.78, 5) is 11.4. The van der Waals surface area contributed by atoms with Gasteiger partial charge in [-0.1, -0.05) is 13.0 Å². The van der Waals surface area contributed by atoms with Crippen molar-refractivity contribution in [1.82, 2.24) is 5.32 Å². The molecule has 1 aromatic rings. The Bertz CT molecular complexity index is 427. The third kappa shape index (κ3) is 5.86. The van der Waals surface area contributed by atoms with E-state index in [1.54, 1.807) is 25.3 Å². The molecular formula is C15H23N3O. The van der Waals surface area contributed by atoms with Crippen molar-refractivity contribution < 1.29 is 4.79 Å². The maximum Gasteiger partial charge on any atom is 0.251 e. The Balaban J connectivity index is 0.000000982. The predicted octanol–water partition coefficient (Wildman–Crippen LogP) is 3.06. The minimum atomic E-state index is -0.134. The summed E-state index contributed by atoms with van der Waals surface area (Å²) in [5.41, 5.74) is 2.20. The fourth-order valence-electron chi connectivity index (χ4n) is 1.39. The quantitative estimate of drug-likeness (QED) is 0.563. The van der Waals surface area contributed by atoms with E-state index in [1.165, 1.54) is 6.21 Å². The van der Waals surface area contributed by atoms with Gasteiger partial charge in [0, 0.05) is 36.6 Å². The van der Waals surface area contributed by atoms with Crippen molar-refractivity contribution in [3.63, 3.8) is 0 Å². The molecule has 0 saturated heterocycles. The van der Waals surface area contributed by atoms with Gasteiger partial charge in [0.1, 0.15) is 0 Å². The van der Waals surface area contributed by atoms with E-state index in [1.807, 2.05) is 13.0 Å². The van der Waals surface area contributed by atoms with Crippen LogP contribution in [0.5, 0.6) is 0 Å². The van der Waals surface area contributed by atoms with Gasteiger partial charge in [-0.05, 0) is 31.5 Å². The third-order valence-electron chi connectivity index (χ3n) is 2.26. The molecule has 0 heterocycles. The molecule has 0 spiro atoms. The molecule has 0 saturated carbocycles. The fourth-order valence-corrected chi connectivity index (χ4v) is 1.39. The topological polar surface area (TPSA) is 65.0 Å². The van der Waals surface area contributed by atoms with Gasteiger partial charge in [0.05, 0.1) is 0 Å². The van der Waals surface area contributed by atoms with E-state index in [0.717, 1.165) is 24.2 Å². The van der Waals surface area contributed by atoms with Gasteiger partial charge in [-0.2, -0.15) is 0 Å². The highest BCUT2D eigenvalue weighted by Gasteiger charge is 2.06. The minimum absolute atomic E-state index is 0.134. The number of rotatable bonds is 5. The lowest BCUT2D eigenvalue weighted by Crippen LogP contribution is -2.18. The summed E-state index contributed by atoms with van der Waals surface area (Å²) in [6.07, 6.45) is 4.03. The van der Waals surface area contributed by atoms with Crippen molar-refractivity contribution in [3.05, 3.63) is 42.0 Å². The molecule has 0 bridgehead atoms. The molecule has 1 rings (SSSR count). The minimum Gasteiger partial charge on any atom is -0.385 e. The molecular weight excluding hydrogens is 238 g/mol. The van der Waals surface area contributed by atoms with Crippen LogP contribution >= 0.6 is 0 Å². The van der Waals surface area contributed by atoms with Crippen molar-refractivity contribution in [2.24, 2.45) is 0 Å². The number of hydrogen-bond donors (Lipinski definition) is 3. The van der Waals surface area contributed by atoms with Gasteiger partial charge < -0.3 is 16.0 Å². The van der Waals surface area contributed by atoms with Crippen molar-refractivity contribution in [2.45, 2.75) is 20.3 Å². The lowest BCUT2D eigenvalue weighted by Gasteiger charge is -2.09. The van der Waals surface area contributed by atoms with Crippen molar-refractivity contribution in [1.29, 1.82) is 5.41 Å². The fraction of sp³-hybridized carbons (Fsp3) is 0.333. The molecule has 19 heavy (non-hydrogen) atoms. The molecule has 104 valence electrons. The molecule has 1 amide bonds. The molecule has 0 radical (unpaired) electrons. The summed E-state index contributed by atoms with van der Waals surface area (Å²) in [5, 5.41) is 13.1. The number of anilines is 1. The van der Waals surface area contributed by atoms with Gasteiger partial charge in [0.25, 0.3) is 5.91 Å². The smallest absolute Gasteiger partial charge is 0.251 e. The third-order valence-corrected chi connectivity index (χ3v) is 2.26. The SMILES string of the molecule is C=CC.CCCNc1ccc(C(=O)NC)cc1C=N. The number of nitrogens with one attached hydrogen (secondary N) is 3. The second kappa shape index (κ2) is 9.88. The van der Waals surface area contributed by atoms with Crippen LogP contribution in [0.15, 0.2) is 30.9 Å².